The topological polar surface area (TPSA) is 9.23 Å². The van der Waals surface area contributed by atoms with Crippen molar-refractivity contribution in [2.75, 3.05) is 6.61 Å². The zero-order valence-electron chi connectivity index (χ0n) is 9.65. The van der Waals surface area contributed by atoms with Crippen molar-refractivity contribution in [2.45, 2.75) is 32.8 Å². The van der Waals surface area contributed by atoms with E-state index in [-0.39, 0.29) is 0 Å². The molecule has 0 aliphatic carbocycles. The Labute approximate surface area is 92.5 Å². The molecule has 0 spiro atoms. The predicted molar refractivity (Wildman–Crippen MR) is 62.7 cm³/mol. The Kier molecular flexibility index (Phi) is 3.42. The van der Waals surface area contributed by atoms with E-state index in [2.05, 4.69) is 44.2 Å². The zero-order chi connectivity index (χ0) is 10.7. The highest BCUT2D eigenvalue weighted by atomic mass is 16.5. The first-order chi connectivity index (χ1) is 7.27. The molecule has 1 fully saturated rings. The first-order valence-corrected chi connectivity index (χ1v) is 5.94. The Morgan fingerprint density at radius 1 is 1.13 bits per heavy atom. The molecule has 0 bridgehead atoms. The fourth-order valence-electron chi connectivity index (χ4n) is 2.23. The number of rotatable bonds is 2. The van der Waals surface area contributed by atoms with E-state index in [1.54, 1.807) is 0 Å². The summed E-state index contributed by atoms with van der Waals surface area (Å²) in [6.07, 6.45) is 2.81. The maximum atomic E-state index is 5.94. The summed E-state index contributed by atoms with van der Waals surface area (Å²) >= 11 is 0. The van der Waals surface area contributed by atoms with Crippen LogP contribution in [0.3, 0.4) is 0 Å². The van der Waals surface area contributed by atoms with E-state index in [1.165, 1.54) is 18.4 Å². The molecule has 0 saturated carbocycles. The summed E-state index contributed by atoms with van der Waals surface area (Å²) in [6.45, 7) is 5.50. The number of hydrogen-bond donors (Lipinski definition) is 0. The van der Waals surface area contributed by atoms with Crippen LogP contribution in [0.15, 0.2) is 30.3 Å². The molecule has 82 valence electrons. The molecule has 1 aromatic rings. The Hall–Kier alpha value is -0.820. The molecule has 1 aromatic carbocycles. The van der Waals surface area contributed by atoms with Gasteiger partial charge in [-0.05, 0) is 30.2 Å². The first kappa shape index (κ1) is 10.7. The van der Waals surface area contributed by atoms with E-state index >= 15 is 0 Å². The molecule has 0 amide bonds. The highest BCUT2D eigenvalue weighted by molar-refractivity contribution is 5.17. The summed E-state index contributed by atoms with van der Waals surface area (Å²) in [6, 6.07) is 10.6. The number of ether oxygens (including phenoxy) is 1. The monoisotopic (exact) mass is 204 g/mol. The summed E-state index contributed by atoms with van der Waals surface area (Å²) in [7, 11) is 0. The van der Waals surface area contributed by atoms with Crippen LogP contribution in [-0.2, 0) is 4.74 Å². The van der Waals surface area contributed by atoms with Gasteiger partial charge in [0.1, 0.15) is 0 Å². The predicted octanol–water partition coefficient (Wildman–Crippen LogP) is 3.81. The third-order valence-electron chi connectivity index (χ3n) is 3.43. The number of hydrogen-bond acceptors (Lipinski definition) is 1. The molecular formula is C14H20O. The van der Waals surface area contributed by atoms with Crippen LogP contribution in [0, 0.1) is 11.8 Å². The number of benzene rings is 1. The zero-order valence-corrected chi connectivity index (χ0v) is 9.65. The van der Waals surface area contributed by atoms with Crippen molar-refractivity contribution in [3.8, 4) is 0 Å². The summed E-state index contributed by atoms with van der Waals surface area (Å²) in [5.41, 5.74) is 1.33. The second-order valence-electron chi connectivity index (χ2n) is 4.81. The maximum absolute atomic E-state index is 5.94. The van der Waals surface area contributed by atoms with E-state index < -0.39 is 0 Å². The highest BCUT2D eigenvalue weighted by Gasteiger charge is 2.24. The molecule has 0 unspecified atom stereocenters. The van der Waals surface area contributed by atoms with E-state index in [4.69, 9.17) is 4.74 Å². The summed E-state index contributed by atoms with van der Waals surface area (Å²) in [4.78, 5) is 0. The van der Waals surface area contributed by atoms with E-state index in [9.17, 15) is 0 Å². The fourth-order valence-corrected chi connectivity index (χ4v) is 2.23. The third kappa shape index (κ3) is 2.60. The van der Waals surface area contributed by atoms with Crippen molar-refractivity contribution in [3.05, 3.63) is 35.9 Å². The third-order valence-corrected chi connectivity index (χ3v) is 3.43. The smallest absolute Gasteiger partial charge is 0.0825 e. The van der Waals surface area contributed by atoms with Crippen molar-refractivity contribution in [3.63, 3.8) is 0 Å². The lowest BCUT2D eigenvalue weighted by atomic mass is 9.87. The molecule has 1 heteroatoms. The Morgan fingerprint density at radius 3 is 2.40 bits per heavy atom. The van der Waals surface area contributed by atoms with Gasteiger partial charge in [-0.1, -0.05) is 44.2 Å². The van der Waals surface area contributed by atoms with Gasteiger partial charge in [0, 0.05) is 0 Å². The standard InChI is InChI=1S/C14H20O/c1-11(2)13-8-9-14(15-10-13)12-6-4-3-5-7-12/h3-7,11,13-14H,8-10H2,1-2H3/t13-,14-/m0/s1. The molecule has 1 nitrogen and oxygen atoms in total. The van der Waals surface area contributed by atoms with Crippen molar-refractivity contribution < 1.29 is 4.74 Å². The van der Waals surface area contributed by atoms with Crippen LogP contribution >= 0.6 is 0 Å². The van der Waals surface area contributed by atoms with Gasteiger partial charge in [0.2, 0.25) is 0 Å². The lowest BCUT2D eigenvalue weighted by Crippen LogP contribution is -2.24. The van der Waals surface area contributed by atoms with Crippen molar-refractivity contribution in [2.24, 2.45) is 11.8 Å². The Balaban J connectivity index is 1.94. The molecular weight excluding hydrogens is 184 g/mol. The Bertz CT molecular complexity index is 283. The van der Waals surface area contributed by atoms with Gasteiger partial charge in [-0.15, -0.1) is 0 Å². The molecule has 0 N–H and O–H groups in total. The average molecular weight is 204 g/mol. The molecule has 1 aliphatic heterocycles. The minimum absolute atomic E-state index is 0.334. The van der Waals surface area contributed by atoms with Crippen LogP contribution in [-0.4, -0.2) is 6.61 Å². The van der Waals surface area contributed by atoms with Gasteiger partial charge in [0.25, 0.3) is 0 Å². The fraction of sp³-hybridized carbons (Fsp3) is 0.571. The summed E-state index contributed by atoms with van der Waals surface area (Å²) in [5, 5.41) is 0. The molecule has 2 atom stereocenters. The lowest BCUT2D eigenvalue weighted by Gasteiger charge is -2.31. The van der Waals surface area contributed by atoms with Gasteiger partial charge in [-0.2, -0.15) is 0 Å². The van der Waals surface area contributed by atoms with E-state index in [1.807, 2.05) is 0 Å². The minimum Gasteiger partial charge on any atom is -0.373 e. The molecule has 1 heterocycles. The van der Waals surface area contributed by atoms with Crippen LogP contribution in [0.1, 0.15) is 38.4 Å². The molecule has 1 aliphatic rings. The second-order valence-corrected chi connectivity index (χ2v) is 4.81. The quantitative estimate of drug-likeness (QED) is 0.711. The summed E-state index contributed by atoms with van der Waals surface area (Å²) < 4.78 is 5.94. The van der Waals surface area contributed by atoms with Crippen molar-refractivity contribution in [1.82, 2.24) is 0 Å². The van der Waals surface area contributed by atoms with Gasteiger partial charge in [0.15, 0.2) is 0 Å². The van der Waals surface area contributed by atoms with Crippen LogP contribution in [0.4, 0.5) is 0 Å². The van der Waals surface area contributed by atoms with Crippen LogP contribution in [0.5, 0.6) is 0 Å². The van der Waals surface area contributed by atoms with E-state index in [0.717, 1.165) is 18.4 Å². The molecule has 0 radical (unpaired) electrons. The van der Waals surface area contributed by atoms with Crippen LogP contribution in [0.25, 0.3) is 0 Å². The van der Waals surface area contributed by atoms with E-state index in [0.29, 0.717) is 6.10 Å². The van der Waals surface area contributed by atoms with Crippen LogP contribution in [0.2, 0.25) is 0 Å². The van der Waals surface area contributed by atoms with Gasteiger partial charge >= 0.3 is 0 Å². The highest BCUT2D eigenvalue weighted by Crippen LogP contribution is 2.33. The Morgan fingerprint density at radius 2 is 1.87 bits per heavy atom. The van der Waals surface area contributed by atoms with Gasteiger partial charge in [-0.3, -0.25) is 0 Å². The molecule has 1 saturated heterocycles. The molecule has 0 aromatic heterocycles. The van der Waals surface area contributed by atoms with Gasteiger partial charge < -0.3 is 4.74 Å². The summed E-state index contributed by atoms with van der Waals surface area (Å²) in [5.74, 6) is 1.51. The SMILES string of the molecule is CC(C)[C@H]1CC[C@@H](c2ccccc2)OC1. The molecule has 2 rings (SSSR count). The van der Waals surface area contributed by atoms with Gasteiger partial charge in [0.05, 0.1) is 12.7 Å². The molecule has 15 heavy (non-hydrogen) atoms. The van der Waals surface area contributed by atoms with Gasteiger partial charge in [-0.25, -0.2) is 0 Å². The minimum atomic E-state index is 0.334. The van der Waals surface area contributed by atoms with Crippen molar-refractivity contribution in [1.29, 1.82) is 0 Å². The van der Waals surface area contributed by atoms with Crippen LogP contribution < -0.4 is 0 Å². The lowest BCUT2D eigenvalue weighted by molar-refractivity contribution is -0.0293. The first-order valence-electron chi connectivity index (χ1n) is 5.94. The largest absolute Gasteiger partial charge is 0.373 e. The normalized spacial score (nSPS) is 26.9. The maximum Gasteiger partial charge on any atom is 0.0825 e. The average Bonchev–Trinajstić information content (AvgIpc) is 2.30. The van der Waals surface area contributed by atoms with Crippen molar-refractivity contribution >= 4 is 0 Å². The second kappa shape index (κ2) is 4.80.